The number of halogens is 1. The van der Waals surface area contributed by atoms with Crippen molar-refractivity contribution in [3.63, 3.8) is 0 Å². The molecule has 3 rings (SSSR count). The quantitative estimate of drug-likeness (QED) is 0.804. The third kappa shape index (κ3) is 6.15. The number of benzene rings is 1. The van der Waals surface area contributed by atoms with Gasteiger partial charge in [0.25, 0.3) is 0 Å². The second kappa shape index (κ2) is 9.97. The predicted octanol–water partition coefficient (Wildman–Crippen LogP) is 2.29. The number of nitrogens with one attached hydrogen (secondary N) is 2. The summed E-state index contributed by atoms with van der Waals surface area (Å²) in [5.41, 5.74) is 1.80. The van der Waals surface area contributed by atoms with Gasteiger partial charge in [0.1, 0.15) is 12.4 Å². The average Bonchev–Trinajstić information content (AvgIpc) is 3.09. The predicted molar refractivity (Wildman–Crippen MR) is 98.8 cm³/mol. The fourth-order valence-corrected chi connectivity index (χ4v) is 2.99. The molecule has 0 aliphatic carbocycles. The van der Waals surface area contributed by atoms with Crippen LogP contribution < -0.4 is 15.4 Å². The van der Waals surface area contributed by atoms with E-state index in [0.29, 0.717) is 37.7 Å². The smallest absolute Gasteiger partial charge is 0.226 e. The summed E-state index contributed by atoms with van der Waals surface area (Å²) in [7, 11) is 0. The van der Waals surface area contributed by atoms with E-state index in [2.05, 4.69) is 10.6 Å². The number of morpholine rings is 1. The molecule has 1 aromatic rings. The maximum Gasteiger partial charge on any atom is 0.226 e. The molecule has 2 unspecified atom stereocenters. The summed E-state index contributed by atoms with van der Waals surface area (Å²) < 4.78 is 16.9. The van der Waals surface area contributed by atoms with Crippen LogP contribution >= 0.6 is 12.4 Å². The molecule has 2 aliphatic rings. The monoisotopic (exact) mass is 370 g/mol. The number of rotatable bonds is 6. The lowest BCUT2D eigenvalue weighted by Crippen LogP contribution is -2.43. The number of carbonyl (C=O) groups is 1. The van der Waals surface area contributed by atoms with E-state index in [1.54, 1.807) is 0 Å². The summed E-state index contributed by atoms with van der Waals surface area (Å²) in [5.74, 6) is 0.663. The van der Waals surface area contributed by atoms with Gasteiger partial charge >= 0.3 is 0 Å². The zero-order valence-electron chi connectivity index (χ0n) is 14.6. The van der Waals surface area contributed by atoms with Gasteiger partial charge in [0, 0.05) is 25.6 Å². The SMILES string of the molecule is Cc1ccc(NC(=O)CC2COCCN2)c(OCC2CCCO2)c1.Cl. The highest BCUT2D eigenvalue weighted by Crippen LogP contribution is 2.27. The van der Waals surface area contributed by atoms with E-state index >= 15 is 0 Å². The highest BCUT2D eigenvalue weighted by Gasteiger charge is 2.19. The van der Waals surface area contributed by atoms with Gasteiger partial charge in [-0.3, -0.25) is 4.79 Å². The third-order valence-electron chi connectivity index (χ3n) is 4.29. The molecule has 7 heteroatoms. The highest BCUT2D eigenvalue weighted by molar-refractivity contribution is 5.92. The van der Waals surface area contributed by atoms with Gasteiger partial charge in [0.15, 0.2) is 0 Å². The van der Waals surface area contributed by atoms with E-state index in [1.165, 1.54) is 0 Å². The summed E-state index contributed by atoms with van der Waals surface area (Å²) in [6, 6.07) is 5.88. The van der Waals surface area contributed by atoms with Crippen molar-refractivity contribution in [3.8, 4) is 5.75 Å². The number of aryl methyl sites for hydroxylation is 1. The van der Waals surface area contributed by atoms with E-state index < -0.39 is 0 Å². The van der Waals surface area contributed by atoms with Crippen LogP contribution in [0.3, 0.4) is 0 Å². The van der Waals surface area contributed by atoms with Gasteiger partial charge in [0.2, 0.25) is 5.91 Å². The van der Waals surface area contributed by atoms with Gasteiger partial charge in [-0.25, -0.2) is 0 Å². The van der Waals surface area contributed by atoms with Gasteiger partial charge in [-0.2, -0.15) is 0 Å². The Balaban J connectivity index is 0.00000225. The van der Waals surface area contributed by atoms with Gasteiger partial charge in [0.05, 0.1) is 25.0 Å². The van der Waals surface area contributed by atoms with Crippen LogP contribution in [0.4, 0.5) is 5.69 Å². The average molecular weight is 371 g/mol. The second-order valence-electron chi connectivity index (χ2n) is 6.42. The van der Waals surface area contributed by atoms with E-state index in [1.807, 2.05) is 25.1 Å². The maximum atomic E-state index is 12.3. The van der Waals surface area contributed by atoms with Gasteiger partial charge in [-0.05, 0) is 37.5 Å². The minimum Gasteiger partial charge on any atom is -0.489 e. The lowest BCUT2D eigenvalue weighted by Gasteiger charge is -2.23. The standard InChI is InChI=1S/C18H26N2O4.ClH/c1-13-4-5-16(17(9-13)24-12-15-3-2-7-23-15)20-18(21)10-14-11-22-8-6-19-14;/h4-5,9,14-15,19H,2-3,6-8,10-12H2,1H3,(H,20,21);1H. The number of ether oxygens (including phenoxy) is 3. The molecule has 0 aromatic heterocycles. The van der Waals surface area contributed by atoms with Crippen LogP contribution in [-0.2, 0) is 14.3 Å². The molecule has 6 nitrogen and oxygen atoms in total. The van der Waals surface area contributed by atoms with Gasteiger partial charge in [-0.1, -0.05) is 6.07 Å². The fraction of sp³-hybridized carbons (Fsp3) is 0.611. The molecular formula is C18H27ClN2O4. The van der Waals surface area contributed by atoms with Crippen molar-refractivity contribution < 1.29 is 19.0 Å². The van der Waals surface area contributed by atoms with Crippen LogP contribution in [0.15, 0.2) is 18.2 Å². The van der Waals surface area contributed by atoms with Crippen LogP contribution in [0, 0.1) is 6.92 Å². The van der Waals surface area contributed by atoms with Crippen molar-refractivity contribution in [2.24, 2.45) is 0 Å². The Kier molecular flexibility index (Phi) is 7.96. The zero-order valence-corrected chi connectivity index (χ0v) is 15.4. The third-order valence-corrected chi connectivity index (χ3v) is 4.29. The molecular weight excluding hydrogens is 344 g/mol. The van der Waals surface area contributed by atoms with Crippen LogP contribution in [0.2, 0.25) is 0 Å². The van der Waals surface area contributed by atoms with Crippen LogP contribution in [-0.4, -0.2) is 51.0 Å². The lowest BCUT2D eigenvalue weighted by molar-refractivity contribution is -0.117. The van der Waals surface area contributed by atoms with Crippen molar-refractivity contribution in [2.45, 2.75) is 38.3 Å². The molecule has 2 saturated heterocycles. The second-order valence-corrected chi connectivity index (χ2v) is 6.42. The molecule has 1 amide bonds. The molecule has 1 aromatic carbocycles. The molecule has 0 saturated carbocycles. The van der Waals surface area contributed by atoms with Crippen molar-refractivity contribution in [2.75, 3.05) is 38.3 Å². The summed E-state index contributed by atoms with van der Waals surface area (Å²) in [5, 5.41) is 6.25. The first-order chi connectivity index (χ1) is 11.7. The summed E-state index contributed by atoms with van der Waals surface area (Å²) >= 11 is 0. The van der Waals surface area contributed by atoms with Crippen LogP contribution in [0.5, 0.6) is 5.75 Å². The molecule has 2 atom stereocenters. The number of hydrogen-bond acceptors (Lipinski definition) is 5. The first-order valence-corrected chi connectivity index (χ1v) is 8.67. The lowest BCUT2D eigenvalue weighted by atomic mass is 10.1. The Hall–Kier alpha value is -1.34. The number of hydrogen-bond donors (Lipinski definition) is 2. The van der Waals surface area contributed by atoms with Crippen LogP contribution in [0.25, 0.3) is 0 Å². The largest absolute Gasteiger partial charge is 0.489 e. The van der Waals surface area contributed by atoms with E-state index in [-0.39, 0.29) is 30.5 Å². The Morgan fingerprint density at radius 1 is 1.40 bits per heavy atom. The molecule has 2 aliphatic heterocycles. The Morgan fingerprint density at radius 2 is 2.28 bits per heavy atom. The first-order valence-electron chi connectivity index (χ1n) is 8.67. The Morgan fingerprint density at radius 3 is 3.00 bits per heavy atom. The molecule has 0 bridgehead atoms. The normalized spacial score (nSPS) is 22.9. The molecule has 25 heavy (non-hydrogen) atoms. The number of carbonyl (C=O) groups excluding carboxylic acids is 1. The number of anilines is 1. The zero-order chi connectivity index (χ0) is 16.8. The van der Waals surface area contributed by atoms with Crippen molar-refractivity contribution >= 4 is 24.0 Å². The van der Waals surface area contributed by atoms with Crippen LogP contribution in [0.1, 0.15) is 24.8 Å². The molecule has 140 valence electrons. The van der Waals surface area contributed by atoms with E-state index in [0.717, 1.165) is 31.6 Å². The molecule has 0 radical (unpaired) electrons. The van der Waals surface area contributed by atoms with Gasteiger partial charge in [-0.15, -0.1) is 12.4 Å². The van der Waals surface area contributed by atoms with E-state index in [9.17, 15) is 4.79 Å². The highest BCUT2D eigenvalue weighted by atomic mass is 35.5. The van der Waals surface area contributed by atoms with Crippen molar-refractivity contribution in [1.29, 1.82) is 0 Å². The minimum atomic E-state index is -0.0381. The fourth-order valence-electron chi connectivity index (χ4n) is 2.99. The topological polar surface area (TPSA) is 68.8 Å². The minimum absolute atomic E-state index is 0. The van der Waals surface area contributed by atoms with Gasteiger partial charge < -0.3 is 24.8 Å². The molecule has 2 N–H and O–H groups in total. The van der Waals surface area contributed by atoms with Crippen molar-refractivity contribution in [3.05, 3.63) is 23.8 Å². The van der Waals surface area contributed by atoms with Crippen molar-refractivity contribution in [1.82, 2.24) is 5.32 Å². The molecule has 2 fully saturated rings. The van der Waals surface area contributed by atoms with E-state index in [4.69, 9.17) is 14.2 Å². The summed E-state index contributed by atoms with van der Waals surface area (Å²) in [6.45, 7) is 5.40. The molecule has 2 heterocycles. The molecule has 0 spiro atoms. The Labute approximate surface area is 155 Å². The summed E-state index contributed by atoms with van der Waals surface area (Å²) in [4.78, 5) is 12.3. The Bertz CT molecular complexity index is 558. The maximum absolute atomic E-state index is 12.3. The summed E-state index contributed by atoms with van der Waals surface area (Å²) in [6.07, 6.45) is 2.65. The first kappa shape index (κ1) is 20.0. The number of amides is 1.